The lowest BCUT2D eigenvalue weighted by Gasteiger charge is -2.28. The van der Waals surface area contributed by atoms with Crippen molar-refractivity contribution in [3.8, 4) is 0 Å². The molecule has 0 radical (unpaired) electrons. The Morgan fingerprint density at radius 3 is 1.06 bits per heavy atom. The Bertz CT molecular complexity index is 1530. The van der Waals surface area contributed by atoms with Crippen molar-refractivity contribution < 1.29 is 42.1 Å². The van der Waals surface area contributed by atoms with E-state index >= 15 is 0 Å². The maximum Gasteiger partial charge on any atom is 0.306 e. The van der Waals surface area contributed by atoms with E-state index in [2.05, 4.69) is 74.6 Å². The van der Waals surface area contributed by atoms with E-state index in [-0.39, 0.29) is 32.0 Å². The second-order valence-corrected chi connectivity index (χ2v) is 25.6. The minimum atomic E-state index is -4.64. The number of likely N-dealkylation sites (N-methyl/N-ethyl adjacent to an activating group) is 1. The van der Waals surface area contributed by atoms with Crippen LogP contribution in [-0.4, -0.2) is 70.0 Å². The van der Waals surface area contributed by atoms with Crippen LogP contribution >= 0.6 is 7.82 Å². The predicted octanol–water partition coefficient (Wildman–Crippen LogP) is 21.2. The van der Waals surface area contributed by atoms with Gasteiger partial charge >= 0.3 is 11.9 Å². The molecule has 0 saturated heterocycles. The number of phosphoric acid groups is 1. The normalized spacial score (nSPS) is 13.5. The largest absolute Gasteiger partial charge is 0.756 e. The number of ether oxygens (including phenoxy) is 2. The number of quaternary nitrogens is 1. The number of esters is 2. The van der Waals surface area contributed by atoms with Crippen molar-refractivity contribution in [2.45, 2.75) is 328 Å². The summed E-state index contributed by atoms with van der Waals surface area (Å²) in [6.45, 7) is 4.14. The lowest BCUT2D eigenvalue weighted by Crippen LogP contribution is -2.37. The van der Waals surface area contributed by atoms with Crippen molar-refractivity contribution in [3.63, 3.8) is 0 Å². The molecule has 468 valence electrons. The summed E-state index contributed by atoms with van der Waals surface area (Å²) < 4.78 is 34.2. The lowest BCUT2D eigenvalue weighted by molar-refractivity contribution is -0.870. The molecular formula is C70H130NO8P. The highest BCUT2D eigenvalue weighted by molar-refractivity contribution is 7.45. The van der Waals surface area contributed by atoms with Crippen LogP contribution in [0.15, 0.2) is 60.8 Å². The molecule has 0 aromatic rings. The van der Waals surface area contributed by atoms with E-state index in [9.17, 15) is 19.0 Å². The van der Waals surface area contributed by atoms with Crippen molar-refractivity contribution in [2.75, 3.05) is 47.5 Å². The van der Waals surface area contributed by atoms with Gasteiger partial charge in [-0.3, -0.25) is 14.2 Å². The van der Waals surface area contributed by atoms with E-state index in [1.54, 1.807) is 0 Å². The molecule has 0 aromatic carbocycles. The second kappa shape index (κ2) is 61.3. The fourth-order valence-corrected chi connectivity index (χ4v) is 10.6. The van der Waals surface area contributed by atoms with E-state index in [0.29, 0.717) is 17.4 Å². The van der Waals surface area contributed by atoms with Crippen molar-refractivity contribution >= 4 is 19.8 Å². The van der Waals surface area contributed by atoms with Crippen molar-refractivity contribution in [3.05, 3.63) is 60.8 Å². The second-order valence-electron chi connectivity index (χ2n) is 24.2. The molecule has 80 heavy (non-hydrogen) atoms. The number of unbranched alkanes of at least 4 members (excludes halogenated alkanes) is 39. The SMILES string of the molecule is CC/C=C\C/C=C\C/C=C\CCCCCCCCCC(=O)OC(COC(=O)CCCCCCCCCCCCCCCCCCCCCCCCCCCCC/C=C\C/C=C\CCCCCCC)COP(=O)([O-])OCC[N+](C)(C)C. The van der Waals surface area contributed by atoms with Crippen molar-refractivity contribution in [1.29, 1.82) is 0 Å². The number of carbonyl (C=O) groups is 2. The van der Waals surface area contributed by atoms with Gasteiger partial charge in [0.25, 0.3) is 7.82 Å². The van der Waals surface area contributed by atoms with Crippen LogP contribution in [0, 0.1) is 0 Å². The molecule has 0 rings (SSSR count). The molecule has 2 unspecified atom stereocenters. The smallest absolute Gasteiger partial charge is 0.306 e. The molecule has 9 nitrogen and oxygen atoms in total. The molecule has 0 heterocycles. The van der Waals surface area contributed by atoms with Crippen molar-refractivity contribution in [1.82, 2.24) is 0 Å². The molecule has 0 aliphatic heterocycles. The molecule has 2 atom stereocenters. The first-order valence-corrected chi connectivity index (χ1v) is 35.5. The van der Waals surface area contributed by atoms with Gasteiger partial charge in [-0.05, 0) is 77.0 Å². The number of rotatable bonds is 63. The Kier molecular flexibility index (Phi) is 59.5. The third kappa shape index (κ3) is 64.9. The van der Waals surface area contributed by atoms with E-state index in [0.717, 1.165) is 70.6 Å². The highest BCUT2D eigenvalue weighted by Crippen LogP contribution is 2.38. The number of allylic oxidation sites excluding steroid dienone is 10. The van der Waals surface area contributed by atoms with E-state index in [4.69, 9.17) is 18.5 Å². The Labute approximate surface area is 496 Å². The average molecular weight is 1140 g/mol. The molecule has 10 heteroatoms. The summed E-state index contributed by atoms with van der Waals surface area (Å²) in [6, 6.07) is 0. The van der Waals surface area contributed by atoms with Gasteiger partial charge in [-0.2, -0.15) is 0 Å². The van der Waals surface area contributed by atoms with Crippen LogP contribution in [0.5, 0.6) is 0 Å². The van der Waals surface area contributed by atoms with Crippen LogP contribution in [0.1, 0.15) is 322 Å². The summed E-state index contributed by atoms with van der Waals surface area (Å²) in [7, 11) is 1.17. The van der Waals surface area contributed by atoms with Gasteiger partial charge in [0.05, 0.1) is 27.7 Å². The van der Waals surface area contributed by atoms with Gasteiger partial charge in [0.2, 0.25) is 0 Å². The van der Waals surface area contributed by atoms with Gasteiger partial charge in [0.1, 0.15) is 19.8 Å². The third-order valence-corrected chi connectivity index (χ3v) is 16.0. The van der Waals surface area contributed by atoms with Crippen LogP contribution < -0.4 is 4.89 Å². The molecule has 0 bridgehead atoms. The zero-order chi connectivity index (χ0) is 58.4. The van der Waals surface area contributed by atoms with Crippen LogP contribution in [-0.2, 0) is 32.7 Å². The van der Waals surface area contributed by atoms with Gasteiger partial charge in [-0.1, -0.05) is 293 Å². The summed E-state index contributed by atoms with van der Waals surface area (Å²) in [5.41, 5.74) is 0. The first kappa shape index (κ1) is 77.7. The number of hydrogen-bond donors (Lipinski definition) is 0. The van der Waals surface area contributed by atoms with Crippen molar-refractivity contribution in [2.24, 2.45) is 0 Å². The molecule has 0 spiro atoms. The Morgan fingerprint density at radius 2 is 0.713 bits per heavy atom. The zero-order valence-electron chi connectivity index (χ0n) is 53.3. The van der Waals surface area contributed by atoms with Gasteiger partial charge in [-0.25, -0.2) is 0 Å². The van der Waals surface area contributed by atoms with Crippen LogP contribution in [0.4, 0.5) is 0 Å². The third-order valence-electron chi connectivity index (χ3n) is 15.0. The molecule has 0 aromatic heterocycles. The zero-order valence-corrected chi connectivity index (χ0v) is 54.2. The topological polar surface area (TPSA) is 111 Å². The molecule has 0 aliphatic carbocycles. The molecule has 0 amide bonds. The highest BCUT2D eigenvalue weighted by atomic mass is 31.2. The summed E-state index contributed by atoms with van der Waals surface area (Å²) in [5.74, 6) is -0.833. The maximum absolute atomic E-state index is 12.8. The molecular weight excluding hydrogens is 1010 g/mol. The van der Waals surface area contributed by atoms with Crippen LogP contribution in [0.2, 0.25) is 0 Å². The standard InChI is InChI=1S/C70H130NO8P/c1-6-8-10-12-14-16-18-20-22-24-25-26-27-28-29-30-31-32-33-34-35-36-37-38-39-40-41-42-43-44-45-47-48-50-52-54-56-58-60-62-69(72)76-66-68(67-78-80(74,75)77-65-64-71(3,4)5)79-70(73)63-61-59-57-55-53-51-49-46-23-21-19-17-15-13-11-9-7-2/h9,11,15,17-18,20-21,23-25,68H,6-8,10,12-14,16,19,22,26-67H2,1-5H3/b11-9-,17-15-,20-18-,23-21-,25-24-. The number of phosphoric ester groups is 1. The van der Waals surface area contributed by atoms with Gasteiger partial charge < -0.3 is 27.9 Å². The lowest BCUT2D eigenvalue weighted by atomic mass is 10.0. The van der Waals surface area contributed by atoms with Gasteiger partial charge in [0.15, 0.2) is 6.10 Å². The molecule has 0 fully saturated rings. The fourth-order valence-electron chi connectivity index (χ4n) is 9.82. The van der Waals surface area contributed by atoms with Gasteiger partial charge in [0, 0.05) is 12.8 Å². The number of nitrogens with zero attached hydrogens (tertiary/aromatic N) is 1. The molecule has 0 aliphatic rings. The summed E-state index contributed by atoms with van der Waals surface area (Å²) in [4.78, 5) is 37.9. The van der Waals surface area contributed by atoms with E-state index < -0.39 is 26.5 Å². The fraction of sp³-hybridized carbons (Fsp3) is 0.829. The minimum Gasteiger partial charge on any atom is -0.756 e. The Balaban J connectivity index is 3.89. The first-order valence-electron chi connectivity index (χ1n) is 34.0. The summed E-state index contributed by atoms with van der Waals surface area (Å²) in [6.07, 6.45) is 80.4. The Morgan fingerprint density at radius 1 is 0.400 bits per heavy atom. The average Bonchev–Trinajstić information content (AvgIpc) is 3.42. The first-order chi connectivity index (χ1) is 39.0. The maximum atomic E-state index is 12.8. The highest BCUT2D eigenvalue weighted by Gasteiger charge is 2.22. The van der Waals surface area contributed by atoms with E-state index in [1.807, 2.05) is 21.1 Å². The van der Waals surface area contributed by atoms with Crippen LogP contribution in [0.3, 0.4) is 0 Å². The quantitative estimate of drug-likeness (QED) is 0.0195. The summed E-state index contributed by atoms with van der Waals surface area (Å²) >= 11 is 0. The molecule has 0 N–H and O–H groups in total. The number of carbonyl (C=O) groups excluding carboxylic acids is 2. The monoisotopic (exact) mass is 1140 g/mol. The number of hydrogen-bond acceptors (Lipinski definition) is 8. The van der Waals surface area contributed by atoms with Gasteiger partial charge in [-0.15, -0.1) is 0 Å². The van der Waals surface area contributed by atoms with Crippen LogP contribution in [0.25, 0.3) is 0 Å². The van der Waals surface area contributed by atoms with E-state index in [1.165, 1.54) is 218 Å². The Hall–Kier alpha value is -2.29. The predicted molar refractivity (Wildman–Crippen MR) is 342 cm³/mol. The molecule has 0 saturated carbocycles. The summed E-state index contributed by atoms with van der Waals surface area (Å²) in [5, 5.41) is 0. The minimum absolute atomic E-state index is 0.0329.